The SMILES string of the molecule is C[C@@H]1C=CC=c2ccccc2=C1. The van der Waals surface area contributed by atoms with Gasteiger partial charge >= 0.3 is 0 Å². The van der Waals surface area contributed by atoms with Crippen molar-refractivity contribution in [2.75, 3.05) is 0 Å². The van der Waals surface area contributed by atoms with Gasteiger partial charge in [-0.15, -0.1) is 0 Å². The normalized spacial score (nSPS) is 20.2. The zero-order valence-electron chi connectivity index (χ0n) is 7.20. The van der Waals surface area contributed by atoms with Crippen molar-refractivity contribution >= 4 is 12.2 Å². The first-order valence-electron chi connectivity index (χ1n) is 4.32. The maximum atomic E-state index is 2.29. The monoisotopic (exact) mass is 156 g/mol. The van der Waals surface area contributed by atoms with Gasteiger partial charge in [-0.1, -0.05) is 55.5 Å². The zero-order chi connectivity index (χ0) is 8.39. The lowest BCUT2D eigenvalue weighted by Gasteiger charge is -1.93. The molecule has 0 aromatic heterocycles. The van der Waals surface area contributed by atoms with Gasteiger partial charge < -0.3 is 0 Å². The van der Waals surface area contributed by atoms with E-state index < -0.39 is 0 Å². The maximum Gasteiger partial charge on any atom is -0.00696 e. The molecule has 0 saturated heterocycles. The van der Waals surface area contributed by atoms with Gasteiger partial charge in [0.15, 0.2) is 0 Å². The molecule has 0 fully saturated rings. The van der Waals surface area contributed by atoms with Crippen LogP contribution in [0.3, 0.4) is 0 Å². The highest BCUT2D eigenvalue weighted by Crippen LogP contribution is 1.99. The van der Waals surface area contributed by atoms with Crippen LogP contribution in [0.1, 0.15) is 6.92 Å². The van der Waals surface area contributed by atoms with Crippen LogP contribution >= 0.6 is 0 Å². The Morgan fingerprint density at radius 2 is 1.83 bits per heavy atom. The summed E-state index contributed by atoms with van der Waals surface area (Å²) in [6, 6.07) is 8.47. The minimum absolute atomic E-state index is 0.546. The van der Waals surface area contributed by atoms with Crippen molar-refractivity contribution in [2.45, 2.75) is 6.92 Å². The fourth-order valence-electron chi connectivity index (χ4n) is 1.49. The van der Waals surface area contributed by atoms with Crippen LogP contribution in [0.15, 0.2) is 36.4 Å². The smallest absolute Gasteiger partial charge is 0.00696 e. The van der Waals surface area contributed by atoms with Gasteiger partial charge in [-0.2, -0.15) is 0 Å². The van der Waals surface area contributed by atoms with Crippen LogP contribution in [0.5, 0.6) is 0 Å². The van der Waals surface area contributed by atoms with Gasteiger partial charge in [0.1, 0.15) is 0 Å². The summed E-state index contributed by atoms with van der Waals surface area (Å²) in [6.07, 6.45) is 8.79. The molecular formula is C12H12. The summed E-state index contributed by atoms with van der Waals surface area (Å²) in [5.41, 5.74) is 0. The summed E-state index contributed by atoms with van der Waals surface area (Å²) in [6.45, 7) is 2.20. The Hall–Kier alpha value is -1.30. The number of hydrogen-bond donors (Lipinski definition) is 0. The van der Waals surface area contributed by atoms with E-state index in [2.05, 4.69) is 55.5 Å². The van der Waals surface area contributed by atoms with Gasteiger partial charge in [-0.05, 0) is 16.4 Å². The molecule has 0 bridgehead atoms. The van der Waals surface area contributed by atoms with E-state index in [0.717, 1.165) is 0 Å². The molecular weight excluding hydrogens is 144 g/mol. The maximum absolute atomic E-state index is 2.29. The van der Waals surface area contributed by atoms with E-state index in [9.17, 15) is 0 Å². The topological polar surface area (TPSA) is 0 Å². The highest BCUT2D eigenvalue weighted by Gasteiger charge is 1.93. The summed E-state index contributed by atoms with van der Waals surface area (Å²) in [7, 11) is 0. The van der Waals surface area contributed by atoms with E-state index in [1.165, 1.54) is 10.4 Å². The third kappa shape index (κ3) is 1.33. The van der Waals surface area contributed by atoms with Crippen molar-refractivity contribution in [2.24, 2.45) is 5.92 Å². The van der Waals surface area contributed by atoms with Crippen molar-refractivity contribution in [3.63, 3.8) is 0 Å². The summed E-state index contributed by atoms with van der Waals surface area (Å²) >= 11 is 0. The van der Waals surface area contributed by atoms with Gasteiger partial charge in [-0.3, -0.25) is 0 Å². The van der Waals surface area contributed by atoms with Gasteiger partial charge in [0.25, 0.3) is 0 Å². The standard InChI is InChI=1S/C12H12/c1-10-5-4-8-11-6-2-3-7-12(11)9-10/h2-10H,1H3/t10-/m1/s1. The average molecular weight is 156 g/mol. The highest BCUT2D eigenvalue weighted by atomic mass is 14.0. The highest BCUT2D eigenvalue weighted by molar-refractivity contribution is 5.45. The largest absolute Gasteiger partial charge is 0.0778 e. The Bertz CT molecular complexity index is 410. The molecule has 2 rings (SSSR count). The third-order valence-corrected chi connectivity index (χ3v) is 2.13. The number of hydrogen-bond acceptors (Lipinski definition) is 0. The van der Waals surface area contributed by atoms with Gasteiger partial charge in [-0.25, -0.2) is 0 Å². The van der Waals surface area contributed by atoms with E-state index in [1.54, 1.807) is 0 Å². The quantitative estimate of drug-likeness (QED) is 0.533. The second-order valence-electron chi connectivity index (χ2n) is 3.21. The van der Waals surface area contributed by atoms with Crippen LogP contribution in [0, 0.1) is 5.92 Å². The number of allylic oxidation sites excluding steroid dienone is 2. The van der Waals surface area contributed by atoms with Gasteiger partial charge in [0.05, 0.1) is 0 Å². The molecule has 0 aliphatic heterocycles. The first-order chi connectivity index (χ1) is 5.86. The van der Waals surface area contributed by atoms with E-state index in [1.807, 2.05) is 0 Å². The van der Waals surface area contributed by atoms with Crippen LogP contribution < -0.4 is 10.4 Å². The molecule has 0 heterocycles. The molecule has 0 saturated carbocycles. The molecule has 1 aromatic carbocycles. The molecule has 12 heavy (non-hydrogen) atoms. The molecule has 0 heteroatoms. The zero-order valence-corrected chi connectivity index (χ0v) is 7.20. The Morgan fingerprint density at radius 1 is 1.08 bits per heavy atom. The predicted molar refractivity (Wildman–Crippen MR) is 52.9 cm³/mol. The Balaban J connectivity index is 2.75. The van der Waals surface area contributed by atoms with Crippen LogP contribution in [-0.4, -0.2) is 0 Å². The number of fused-ring (bicyclic) bond motifs is 1. The molecule has 1 atom stereocenters. The fourth-order valence-corrected chi connectivity index (χ4v) is 1.49. The molecule has 0 nitrogen and oxygen atoms in total. The van der Waals surface area contributed by atoms with Crippen LogP contribution in [-0.2, 0) is 0 Å². The number of benzene rings is 1. The minimum Gasteiger partial charge on any atom is -0.0778 e. The Labute approximate surface area is 72.5 Å². The molecule has 60 valence electrons. The van der Waals surface area contributed by atoms with E-state index in [0.29, 0.717) is 5.92 Å². The second kappa shape index (κ2) is 2.98. The second-order valence-corrected chi connectivity index (χ2v) is 3.21. The summed E-state index contributed by atoms with van der Waals surface area (Å²) < 4.78 is 0. The Kier molecular flexibility index (Phi) is 1.83. The van der Waals surface area contributed by atoms with Crippen molar-refractivity contribution in [3.8, 4) is 0 Å². The summed E-state index contributed by atoms with van der Waals surface area (Å²) in [5.74, 6) is 0.546. The lowest BCUT2D eigenvalue weighted by Crippen LogP contribution is -2.23. The molecule has 0 unspecified atom stereocenters. The molecule has 0 radical (unpaired) electrons. The van der Waals surface area contributed by atoms with E-state index >= 15 is 0 Å². The van der Waals surface area contributed by atoms with E-state index in [4.69, 9.17) is 0 Å². The predicted octanol–water partition coefficient (Wildman–Crippen LogP) is 1.45. The van der Waals surface area contributed by atoms with Crippen molar-refractivity contribution in [3.05, 3.63) is 46.9 Å². The third-order valence-electron chi connectivity index (χ3n) is 2.13. The fraction of sp³-hybridized carbons (Fsp3) is 0.167. The van der Waals surface area contributed by atoms with E-state index in [-0.39, 0.29) is 0 Å². The first kappa shape index (κ1) is 7.35. The van der Waals surface area contributed by atoms with Gasteiger partial charge in [0.2, 0.25) is 0 Å². The van der Waals surface area contributed by atoms with Crippen LogP contribution in [0.4, 0.5) is 0 Å². The molecule has 1 aliphatic rings. The van der Waals surface area contributed by atoms with Crippen LogP contribution in [0.2, 0.25) is 0 Å². The average Bonchev–Trinajstić information content (AvgIpc) is 2.25. The van der Waals surface area contributed by atoms with Crippen molar-refractivity contribution < 1.29 is 0 Å². The van der Waals surface area contributed by atoms with Crippen molar-refractivity contribution in [1.82, 2.24) is 0 Å². The van der Waals surface area contributed by atoms with Crippen molar-refractivity contribution in [1.29, 1.82) is 0 Å². The molecule has 0 N–H and O–H groups in total. The molecule has 1 aliphatic carbocycles. The van der Waals surface area contributed by atoms with Crippen LogP contribution in [0.25, 0.3) is 12.2 Å². The Morgan fingerprint density at radius 3 is 2.67 bits per heavy atom. The number of rotatable bonds is 0. The molecule has 0 amide bonds. The summed E-state index contributed by atoms with van der Waals surface area (Å²) in [5, 5.41) is 2.66. The summed E-state index contributed by atoms with van der Waals surface area (Å²) in [4.78, 5) is 0. The van der Waals surface area contributed by atoms with Gasteiger partial charge in [0, 0.05) is 0 Å². The minimum atomic E-state index is 0.546. The molecule has 1 aromatic rings. The lowest BCUT2D eigenvalue weighted by molar-refractivity contribution is 0.998. The first-order valence-corrected chi connectivity index (χ1v) is 4.32. The lowest BCUT2D eigenvalue weighted by atomic mass is 10.1. The molecule has 0 spiro atoms.